The fourth-order valence-corrected chi connectivity index (χ4v) is 3.24. The number of aliphatic hydroxyl groups is 1. The minimum atomic E-state index is -0.291. The third-order valence-electron chi connectivity index (χ3n) is 2.57. The van der Waals surface area contributed by atoms with Gasteiger partial charge in [-0.1, -0.05) is 6.07 Å². The summed E-state index contributed by atoms with van der Waals surface area (Å²) in [6.45, 7) is 1.97. The molecular weight excluding hydrogens is 317 g/mol. The van der Waals surface area contributed by atoms with Crippen LogP contribution in [0.15, 0.2) is 34.8 Å². The lowest BCUT2D eigenvalue weighted by Gasteiger charge is -2.16. The van der Waals surface area contributed by atoms with Crippen LogP contribution >= 0.6 is 27.3 Å². The Bertz CT molecular complexity index is 524. The van der Waals surface area contributed by atoms with Gasteiger partial charge in [0.1, 0.15) is 5.82 Å². The Morgan fingerprint density at radius 2 is 2.22 bits per heavy atom. The van der Waals surface area contributed by atoms with Crippen molar-refractivity contribution in [2.24, 2.45) is 0 Å². The fraction of sp³-hybridized carbons (Fsp3) is 0.231. The van der Waals surface area contributed by atoms with E-state index in [4.69, 9.17) is 0 Å². The molecule has 0 aliphatic heterocycles. The topological polar surface area (TPSA) is 32.3 Å². The summed E-state index contributed by atoms with van der Waals surface area (Å²) < 4.78 is 14.1. The molecule has 0 bridgehead atoms. The van der Waals surface area contributed by atoms with Crippen LogP contribution in [0.2, 0.25) is 0 Å². The molecule has 1 aromatic carbocycles. The summed E-state index contributed by atoms with van der Waals surface area (Å²) >= 11 is 5.06. The first-order chi connectivity index (χ1) is 8.60. The number of aryl methyl sites for hydroxylation is 1. The zero-order chi connectivity index (χ0) is 13.1. The maximum Gasteiger partial charge on any atom is 0.125 e. The molecule has 0 spiro atoms. The third-order valence-corrected chi connectivity index (χ3v) is 4.82. The number of nitrogens with one attached hydrogen (secondary N) is 1. The van der Waals surface area contributed by atoms with E-state index in [9.17, 15) is 9.50 Å². The molecule has 0 radical (unpaired) electrons. The molecule has 2 nitrogen and oxygen atoms in total. The molecule has 2 aromatic rings. The average molecular weight is 330 g/mol. The van der Waals surface area contributed by atoms with Crippen molar-refractivity contribution >= 4 is 33.0 Å². The second-order valence-electron chi connectivity index (χ2n) is 3.94. The lowest BCUT2D eigenvalue weighted by Crippen LogP contribution is -2.13. The van der Waals surface area contributed by atoms with Crippen LogP contribution in [0.5, 0.6) is 0 Å². The molecule has 0 saturated carbocycles. The number of thiophene rings is 1. The van der Waals surface area contributed by atoms with Crippen LogP contribution in [-0.2, 0) is 0 Å². The first kappa shape index (κ1) is 13.5. The van der Waals surface area contributed by atoms with Crippen LogP contribution in [0, 0.1) is 12.7 Å². The molecule has 96 valence electrons. The first-order valence-electron chi connectivity index (χ1n) is 5.49. The van der Waals surface area contributed by atoms with Crippen molar-refractivity contribution in [3.05, 3.63) is 50.4 Å². The van der Waals surface area contributed by atoms with Crippen molar-refractivity contribution < 1.29 is 9.50 Å². The highest BCUT2D eigenvalue weighted by atomic mass is 79.9. The molecule has 0 aliphatic carbocycles. The predicted molar refractivity (Wildman–Crippen MR) is 76.6 cm³/mol. The molecule has 1 heterocycles. The van der Waals surface area contributed by atoms with Crippen LogP contribution < -0.4 is 5.32 Å². The van der Waals surface area contributed by atoms with E-state index in [1.54, 1.807) is 23.5 Å². The van der Waals surface area contributed by atoms with Gasteiger partial charge in [-0.3, -0.25) is 0 Å². The summed E-state index contributed by atoms with van der Waals surface area (Å²) in [6.07, 6.45) is 0. The van der Waals surface area contributed by atoms with Crippen LogP contribution in [-0.4, -0.2) is 11.7 Å². The molecule has 0 amide bonds. The van der Waals surface area contributed by atoms with Gasteiger partial charge < -0.3 is 10.4 Å². The average Bonchev–Trinajstić information content (AvgIpc) is 2.66. The van der Waals surface area contributed by atoms with Gasteiger partial charge in [-0.2, -0.15) is 0 Å². The van der Waals surface area contributed by atoms with Gasteiger partial charge in [-0.15, -0.1) is 11.3 Å². The van der Waals surface area contributed by atoms with Crippen molar-refractivity contribution in [1.82, 2.24) is 0 Å². The zero-order valence-electron chi connectivity index (χ0n) is 9.78. The van der Waals surface area contributed by atoms with Gasteiger partial charge in [0.05, 0.1) is 12.6 Å². The van der Waals surface area contributed by atoms with E-state index in [0.717, 1.165) is 14.2 Å². The highest BCUT2D eigenvalue weighted by Crippen LogP contribution is 2.32. The van der Waals surface area contributed by atoms with Gasteiger partial charge in [0.25, 0.3) is 0 Å². The molecule has 0 fully saturated rings. The molecule has 2 N–H and O–H groups in total. The van der Waals surface area contributed by atoms with E-state index in [1.807, 2.05) is 13.0 Å². The molecule has 18 heavy (non-hydrogen) atoms. The number of rotatable bonds is 4. The normalized spacial score (nSPS) is 12.4. The summed E-state index contributed by atoms with van der Waals surface area (Å²) in [5.41, 5.74) is 0.663. The van der Waals surface area contributed by atoms with Crippen molar-refractivity contribution in [3.63, 3.8) is 0 Å². The molecule has 1 aromatic heterocycles. The SMILES string of the molecule is Cc1sc(C(CO)Nc2cccc(F)c2)cc1Br. The summed E-state index contributed by atoms with van der Waals surface area (Å²) in [4.78, 5) is 2.18. The second kappa shape index (κ2) is 5.82. The number of anilines is 1. The quantitative estimate of drug-likeness (QED) is 0.884. The lowest BCUT2D eigenvalue weighted by molar-refractivity contribution is 0.277. The van der Waals surface area contributed by atoms with E-state index < -0.39 is 0 Å². The number of halogens is 2. The monoisotopic (exact) mass is 329 g/mol. The third kappa shape index (κ3) is 3.10. The van der Waals surface area contributed by atoms with Crippen molar-refractivity contribution in [2.75, 3.05) is 11.9 Å². The van der Waals surface area contributed by atoms with E-state index in [1.165, 1.54) is 12.1 Å². The molecule has 1 unspecified atom stereocenters. The summed E-state index contributed by atoms with van der Waals surface area (Å²) in [6, 6.07) is 7.99. The van der Waals surface area contributed by atoms with Crippen LogP contribution in [0.25, 0.3) is 0 Å². The minimum Gasteiger partial charge on any atom is -0.394 e. The molecule has 5 heteroatoms. The van der Waals surface area contributed by atoms with E-state index in [-0.39, 0.29) is 18.5 Å². The summed E-state index contributed by atoms with van der Waals surface area (Å²) in [5.74, 6) is -0.291. The van der Waals surface area contributed by atoms with Crippen molar-refractivity contribution in [2.45, 2.75) is 13.0 Å². The summed E-state index contributed by atoms with van der Waals surface area (Å²) in [5, 5.41) is 12.6. The smallest absolute Gasteiger partial charge is 0.125 e. The Hall–Kier alpha value is -0.910. The van der Waals surface area contributed by atoms with Gasteiger partial charge >= 0.3 is 0 Å². The highest BCUT2D eigenvalue weighted by Gasteiger charge is 2.14. The standard InChI is InChI=1S/C13H13BrFNOS/c1-8-11(14)6-13(18-8)12(7-17)16-10-4-2-3-9(15)5-10/h2-6,12,16-17H,7H2,1H3. The van der Waals surface area contributed by atoms with Crippen LogP contribution in [0.3, 0.4) is 0 Å². The number of hydrogen-bond acceptors (Lipinski definition) is 3. The van der Waals surface area contributed by atoms with Gasteiger partial charge in [0.2, 0.25) is 0 Å². The minimum absolute atomic E-state index is 0.0388. The maximum atomic E-state index is 13.1. The number of hydrogen-bond donors (Lipinski definition) is 2. The van der Waals surface area contributed by atoms with Gasteiger partial charge in [0.15, 0.2) is 0 Å². The first-order valence-corrected chi connectivity index (χ1v) is 7.10. The highest BCUT2D eigenvalue weighted by molar-refractivity contribution is 9.10. The van der Waals surface area contributed by atoms with E-state index in [2.05, 4.69) is 21.2 Å². The Balaban J connectivity index is 2.19. The van der Waals surface area contributed by atoms with Crippen molar-refractivity contribution in [3.8, 4) is 0 Å². The fourth-order valence-electron chi connectivity index (χ4n) is 1.64. The van der Waals surface area contributed by atoms with Gasteiger partial charge in [0, 0.05) is 19.9 Å². The molecule has 2 rings (SSSR count). The largest absolute Gasteiger partial charge is 0.394 e. The predicted octanol–water partition coefficient (Wildman–Crippen LogP) is 4.10. The van der Waals surface area contributed by atoms with E-state index >= 15 is 0 Å². The Morgan fingerprint density at radius 1 is 1.44 bits per heavy atom. The molecule has 1 atom stereocenters. The van der Waals surface area contributed by atoms with E-state index in [0.29, 0.717) is 5.69 Å². The Kier molecular flexibility index (Phi) is 4.37. The van der Waals surface area contributed by atoms with Crippen molar-refractivity contribution in [1.29, 1.82) is 0 Å². The van der Waals surface area contributed by atoms with Gasteiger partial charge in [-0.05, 0) is 47.1 Å². The van der Waals surface area contributed by atoms with Crippen LogP contribution in [0.4, 0.5) is 10.1 Å². The summed E-state index contributed by atoms with van der Waals surface area (Å²) in [7, 11) is 0. The Morgan fingerprint density at radius 3 is 2.78 bits per heavy atom. The molecular formula is C13H13BrFNOS. The maximum absolute atomic E-state index is 13.1. The Labute approximate surface area is 118 Å². The number of aliphatic hydroxyl groups excluding tert-OH is 1. The number of benzene rings is 1. The zero-order valence-corrected chi connectivity index (χ0v) is 12.2. The van der Waals surface area contributed by atoms with Crippen LogP contribution in [0.1, 0.15) is 15.8 Å². The molecule has 0 saturated heterocycles. The lowest BCUT2D eigenvalue weighted by atomic mass is 10.2. The second-order valence-corrected chi connectivity index (χ2v) is 6.08. The van der Waals surface area contributed by atoms with Gasteiger partial charge in [-0.25, -0.2) is 4.39 Å². The molecule has 0 aliphatic rings.